The fraction of sp³-hybridized carbons (Fsp3) is 0.190. The summed E-state index contributed by atoms with van der Waals surface area (Å²) in [6, 6.07) is 18.1. The summed E-state index contributed by atoms with van der Waals surface area (Å²) in [4.78, 5) is 13.4. The third kappa shape index (κ3) is 7.23. The number of para-hydroxylation sites is 1. The van der Waals surface area contributed by atoms with E-state index in [-0.39, 0.29) is 5.91 Å². The first kappa shape index (κ1) is 21.4. The summed E-state index contributed by atoms with van der Waals surface area (Å²) in [7, 11) is 0. The zero-order chi connectivity index (χ0) is 20.3. The normalized spacial score (nSPS) is 10.5. The summed E-state index contributed by atoms with van der Waals surface area (Å²) >= 11 is 4.50. The molecule has 0 spiro atoms. The molecule has 0 radical (unpaired) electrons. The smallest absolute Gasteiger partial charge is 0.234 e. The average Bonchev–Trinajstić information content (AvgIpc) is 3.20. The molecule has 1 heterocycles. The third-order valence-corrected chi connectivity index (χ3v) is 6.87. The molecule has 150 valence electrons. The van der Waals surface area contributed by atoms with Crippen LogP contribution in [0, 0.1) is 0 Å². The number of aromatic nitrogens is 2. The molecule has 8 heteroatoms. The second-order valence-electron chi connectivity index (χ2n) is 5.97. The fourth-order valence-corrected chi connectivity index (χ4v) is 4.78. The first-order chi connectivity index (χ1) is 14.2. The molecule has 1 amide bonds. The minimum atomic E-state index is -0.0598. The van der Waals surface area contributed by atoms with Crippen molar-refractivity contribution in [1.29, 1.82) is 0 Å². The lowest BCUT2D eigenvalue weighted by Crippen LogP contribution is -2.14. The number of nitrogens with one attached hydrogen (secondary N) is 2. The standard InChI is InChI=1S/C21H22N4OS3/c1-2-14-27-18-11-7-6-10-17(18)23-19(26)15-28-21-25-24-20(29-21)22-13-12-16-8-4-3-5-9-16/h2-11H,1,12-15H2,(H,22,24)(H,23,26). The highest BCUT2D eigenvalue weighted by atomic mass is 32.2. The molecule has 0 atom stereocenters. The van der Waals surface area contributed by atoms with Crippen molar-refractivity contribution in [3.05, 3.63) is 72.8 Å². The Labute approximate surface area is 183 Å². The van der Waals surface area contributed by atoms with Crippen LogP contribution < -0.4 is 10.6 Å². The fourth-order valence-electron chi connectivity index (χ4n) is 2.46. The van der Waals surface area contributed by atoms with Gasteiger partial charge in [0.1, 0.15) is 0 Å². The number of hydrogen-bond donors (Lipinski definition) is 2. The van der Waals surface area contributed by atoms with E-state index in [0.717, 1.165) is 38.8 Å². The quantitative estimate of drug-likeness (QED) is 0.314. The van der Waals surface area contributed by atoms with Crippen molar-refractivity contribution in [2.24, 2.45) is 0 Å². The molecular weight excluding hydrogens is 420 g/mol. The van der Waals surface area contributed by atoms with E-state index in [4.69, 9.17) is 0 Å². The number of amides is 1. The Balaban J connectivity index is 1.43. The van der Waals surface area contributed by atoms with E-state index >= 15 is 0 Å². The Morgan fingerprint density at radius 2 is 1.86 bits per heavy atom. The molecule has 0 saturated heterocycles. The highest BCUT2D eigenvalue weighted by Crippen LogP contribution is 2.28. The van der Waals surface area contributed by atoms with Gasteiger partial charge in [0, 0.05) is 17.2 Å². The maximum absolute atomic E-state index is 12.3. The number of anilines is 2. The molecule has 0 saturated carbocycles. The lowest BCUT2D eigenvalue weighted by molar-refractivity contribution is -0.113. The molecule has 3 rings (SSSR count). The van der Waals surface area contributed by atoms with Gasteiger partial charge < -0.3 is 10.6 Å². The van der Waals surface area contributed by atoms with Crippen LogP contribution >= 0.6 is 34.9 Å². The molecule has 0 bridgehead atoms. The largest absolute Gasteiger partial charge is 0.360 e. The molecule has 0 aliphatic heterocycles. The summed E-state index contributed by atoms with van der Waals surface area (Å²) in [5.74, 6) is 1.03. The number of rotatable bonds is 11. The Kier molecular flexibility index (Phi) is 8.60. The van der Waals surface area contributed by atoms with Gasteiger partial charge in [0.05, 0.1) is 11.4 Å². The lowest BCUT2D eigenvalue weighted by Gasteiger charge is -2.09. The van der Waals surface area contributed by atoms with Gasteiger partial charge in [-0.05, 0) is 24.1 Å². The van der Waals surface area contributed by atoms with Gasteiger partial charge in [-0.1, -0.05) is 71.6 Å². The minimum absolute atomic E-state index is 0.0598. The molecule has 29 heavy (non-hydrogen) atoms. The highest BCUT2D eigenvalue weighted by molar-refractivity contribution is 8.01. The van der Waals surface area contributed by atoms with E-state index in [1.165, 1.54) is 28.7 Å². The molecule has 0 aliphatic rings. The Morgan fingerprint density at radius 3 is 2.69 bits per heavy atom. The Hall–Kier alpha value is -2.29. The predicted octanol–water partition coefficient (Wildman–Crippen LogP) is 5.20. The van der Waals surface area contributed by atoms with Crippen molar-refractivity contribution >= 4 is 51.6 Å². The summed E-state index contributed by atoms with van der Waals surface area (Å²) in [6.07, 6.45) is 2.77. The van der Waals surface area contributed by atoms with Crippen molar-refractivity contribution in [2.75, 3.05) is 28.7 Å². The number of hydrogen-bond acceptors (Lipinski definition) is 7. The van der Waals surface area contributed by atoms with Gasteiger partial charge in [0.2, 0.25) is 11.0 Å². The van der Waals surface area contributed by atoms with Crippen molar-refractivity contribution in [1.82, 2.24) is 10.2 Å². The molecular formula is C21H22N4OS3. The molecule has 3 aromatic rings. The maximum atomic E-state index is 12.3. The van der Waals surface area contributed by atoms with E-state index in [9.17, 15) is 4.79 Å². The van der Waals surface area contributed by atoms with Crippen molar-refractivity contribution in [2.45, 2.75) is 15.7 Å². The highest BCUT2D eigenvalue weighted by Gasteiger charge is 2.10. The summed E-state index contributed by atoms with van der Waals surface area (Å²) < 4.78 is 0.775. The van der Waals surface area contributed by atoms with Crippen molar-refractivity contribution in [3.63, 3.8) is 0 Å². The van der Waals surface area contributed by atoms with E-state index in [0.29, 0.717) is 5.75 Å². The summed E-state index contributed by atoms with van der Waals surface area (Å²) in [6.45, 7) is 4.53. The van der Waals surface area contributed by atoms with Gasteiger partial charge in [-0.15, -0.1) is 28.5 Å². The van der Waals surface area contributed by atoms with Gasteiger partial charge in [0.25, 0.3) is 0 Å². The van der Waals surface area contributed by atoms with Gasteiger partial charge in [-0.25, -0.2) is 0 Å². The second kappa shape index (κ2) is 11.6. The average molecular weight is 443 g/mol. The molecule has 2 aromatic carbocycles. The molecule has 1 aromatic heterocycles. The summed E-state index contributed by atoms with van der Waals surface area (Å²) in [5, 5.41) is 15.3. The third-order valence-electron chi connectivity index (χ3n) is 3.78. The first-order valence-electron chi connectivity index (χ1n) is 9.11. The molecule has 2 N–H and O–H groups in total. The number of carbonyl (C=O) groups excluding carboxylic acids is 1. The summed E-state index contributed by atoms with van der Waals surface area (Å²) in [5.41, 5.74) is 2.10. The van der Waals surface area contributed by atoms with Crippen LogP contribution in [0.1, 0.15) is 5.56 Å². The number of nitrogens with zero attached hydrogens (tertiary/aromatic N) is 2. The number of carbonyl (C=O) groups is 1. The zero-order valence-electron chi connectivity index (χ0n) is 15.8. The predicted molar refractivity (Wildman–Crippen MR) is 125 cm³/mol. The van der Waals surface area contributed by atoms with Gasteiger partial charge in [0.15, 0.2) is 4.34 Å². The van der Waals surface area contributed by atoms with E-state index in [2.05, 4.69) is 39.5 Å². The van der Waals surface area contributed by atoms with Crippen LogP contribution in [0.15, 0.2) is 76.5 Å². The minimum Gasteiger partial charge on any atom is -0.360 e. The topological polar surface area (TPSA) is 66.9 Å². The Bertz CT molecular complexity index is 930. The van der Waals surface area contributed by atoms with Gasteiger partial charge in [-0.2, -0.15) is 0 Å². The van der Waals surface area contributed by atoms with Crippen LogP contribution in [0.4, 0.5) is 10.8 Å². The van der Waals surface area contributed by atoms with E-state index in [1.807, 2.05) is 48.5 Å². The van der Waals surface area contributed by atoms with Crippen LogP contribution in [0.5, 0.6) is 0 Å². The number of thioether (sulfide) groups is 2. The molecule has 0 fully saturated rings. The van der Waals surface area contributed by atoms with E-state index in [1.54, 1.807) is 11.8 Å². The van der Waals surface area contributed by atoms with Crippen LogP contribution in [0.3, 0.4) is 0 Å². The van der Waals surface area contributed by atoms with Crippen LogP contribution in [0.2, 0.25) is 0 Å². The van der Waals surface area contributed by atoms with Crippen molar-refractivity contribution < 1.29 is 4.79 Å². The SMILES string of the molecule is C=CCSc1ccccc1NC(=O)CSc1nnc(NCCc2ccccc2)s1. The van der Waals surface area contributed by atoms with Crippen molar-refractivity contribution in [3.8, 4) is 0 Å². The monoisotopic (exact) mass is 442 g/mol. The van der Waals surface area contributed by atoms with Gasteiger partial charge in [-0.3, -0.25) is 4.79 Å². The van der Waals surface area contributed by atoms with Gasteiger partial charge >= 0.3 is 0 Å². The Morgan fingerprint density at radius 1 is 1.07 bits per heavy atom. The first-order valence-corrected chi connectivity index (χ1v) is 11.9. The molecule has 5 nitrogen and oxygen atoms in total. The van der Waals surface area contributed by atoms with Crippen LogP contribution in [0.25, 0.3) is 0 Å². The zero-order valence-corrected chi connectivity index (χ0v) is 18.3. The van der Waals surface area contributed by atoms with Crippen LogP contribution in [-0.2, 0) is 11.2 Å². The van der Waals surface area contributed by atoms with Crippen LogP contribution in [-0.4, -0.2) is 34.2 Å². The number of benzene rings is 2. The second-order valence-corrected chi connectivity index (χ2v) is 9.23. The molecule has 0 aliphatic carbocycles. The van der Waals surface area contributed by atoms with E-state index < -0.39 is 0 Å². The molecule has 0 unspecified atom stereocenters. The lowest BCUT2D eigenvalue weighted by atomic mass is 10.2. The maximum Gasteiger partial charge on any atom is 0.234 e.